The molecule has 4 N–H and O–H groups in total. The summed E-state index contributed by atoms with van der Waals surface area (Å²) in [6, 6.07) is 13.9. The summed E-state index contributed by atoms with van der Waals surface area (Å²) in [5.41, 5.74) is 14.1. The molecule has 0 aliphatic heterocycles. The van der Waals surface area contributed by atoms with Crippen molar-refractivity contribution in [3.05, 3.63) is 59.7 Å². The van der Waals surface area contributed by atoms with Crippen molar-refractivity contribution in [3.8, 4) is 11.5 Å². The fraction of sp³-hybridized carbons (Fsp3) is 0.611. The van der Waals surface area contributed by atoms with Gasteiger partial charge < -0.3 is 20.9 Å². The monoisotopic (exact) mass is 580 g/mol. The molecule has 2 rings (SSSR count). The maximum atomic E-state index is 13.9. The molecule has 0 bridgehead atoms. The summed E-state index contributed by atoms with van der Waals surface area (Å²) in [5.74, 6) is 0.547. The van der Waals surface area contributed by atoms with Crippen LogP contribution in [0.1, 0.15) is 115 Å². The molecule has 0 saturated heterocycles. The number of carbonyl (C=O) groups excluding carboxylic acids is 2. The maximum absolute atomic E-state index is 13.9. The normalized spacial score (nSPS) is 15.0. The van der Waals surface area contributed by atoms with Gasteiger partial charge in [-0.05, 0) is 85.0 Å². The number of rotatable bonds is 17. The molecular formula is C36H56N2O4. The summed E-state index contributed by atoms with van der Waals surface area (Å²) in [6.45, 7) is 17.9. The molecule has 234 valence electrons. The second-order valence-corrected chi connectivity index (χ2v) is 13.8. The van der Waals surface area contributed by atoms with Crippen LogP contribution in [0.3, 0.4) is 0 Å². The molecule has 0 aromatic heterocycles. The molecule has 2 aromatic rings. The van der Waals surface area contributed by atoms with Crippen LogP contribution in [0.2, 0.25) is 0 Å². The van der Waals surface area contributed by atoms with Gasteiger partial charge in [0.05, 0.1) is 13.2 Å². The molecule has 0 amide bonds. The van der Waals surface area contributed by atoms with Gasteiger partial charge in [0.15, 0.2) is 11.6 Å². The van der Waals surface area contributed by atoms with Crippen molar-refractivity contribution in [2.24, 2.45) is 34.1 Å². The average molecular weight is 581 g/mol. The largest absolute Gasteiger partial charge is 0.494 e. The molecule has 0 spiro atoms. The highest BCUT2D eigenvalue weighted by atomic mass is 16.5. The SMILES string of the molecule is CCCCOc1ccc(C(=O)C(CCC(C(=O)c2ccc(OCCCC)cc2)C(N)C(C)(C)C)C(N)C(C)(C)C)cc1. The van der Waals surface area contributed by atoms with Crippen molar-refractivity contribution in [2.75, 3.05) is 13.2 Å². The fourth-order valence-electron chi connectivity index (χ4n) is 5.04. The third-order valence-electron chi connectivity index (χ3n) is 8.14. The van der Waals surface area contributed by atoms with E-state index in [1.54, 1.807) is 0 Å². The number of hydrogen-bond donors (Lipinski definition) is 2. The van der Waals surface area contributed by atoms with Gasteiger partial charge in [0, 0.05) is 35.0 Å². The minimum absolute atomic E-state index is 0.0124. The first-order valence-electron chi connectivity index (χ1n) is 15.8. The van der Waals surface area contributed by atoms with Crippen LogP contribution in [0.15, 0.2) is 48.5 Å². The molecule has 0 heterocycles. The zero-order valence-corrected chi connectivity index (χ0v) is 27.4. The van der Waals surface area contributed by atoms with E-state index in [-0.39, 0.29) is 22.4 Å². The van der Waals surface area contributed by atoms with Gasteiger partial charge in [0.2, 0.25) is 0 Å². The Balaban J connectivity index is 2.31. The van der Waals surface area contributed by atoms with E-state index in [9.17, 15) is 9.59 Å². The highest BCUT2D eigenvalue weighted by Crippen LogP contribution is 2.34. The van der Waals surface area contributed by atoms with E-state index in [1.165, 1.54) is 0 Å². The van der Waals surface area contributed by atoms with E-state index in [2.05, 4.69) is 55.4 Å². The number of ether oxygens (including phenoxy) is 2. The van der Waals surface area contributed by atoms with E-state index in [1.807, 2.05) is 48.5 Å². The first-order chi connectivity index (χ1) is 19.7. The maximum Gasteiger partial charge on any atom is 0.167 e. The van der Waals surface area contributed by atoms with Crippen molar-refractivity contribution >= 4 is 11.6 Å². The van der Waals surface area contributed by atoms with Crippen molar-refractivity contribution in [2.45, 2.75) is 106 Å². The van der Waals surface area contributed by atoms with Gasteiger partial charge in [0.1, 0.15) is 11.5 Å². The second-order valence-electron chi connectivity index (χ2n) is 13.8. The van der Waals surface area contributed by atoms with Crippen molar-refractivity contribution in [1.29, 1.82) is 0 Å². The number of ketones is 2. The Morgan fingerprint density at radius 1 is 0.619 bits per heavy atom. The van der Waals surface area contributed by atoms with Crippen LogP contribution in [0.25, 0.3) is 0 Å². The summed E-state index contributed by atoms with van der Waals surface area (Å²) in [6.07, 6.45) is 5.01. The number of nitrogens with two attached hydrogens (primary N) is 2. The number of unbranched alkanes of at least 4 members (excludes halogenated alkanes) is 2. The molecule has 42 heavy (non-hydrogen) atoms. The zero-order chi connectivity index (χ0) is 31.5. The van der Waals surface area contributed by atoms with Crippen LogP contribution in [0, 0.1) is 22.7 Å². The molecule has 4 atom stereocenters. The summed E-state index contributed by atoms with van der Waals surface area (Å²) >= 11 is 0. The van der Waals surface area contributed by atoms with Gasteiger partial charge in [-0.25, -0.2) is 0 Å². The zero-order valence-electron chi connectivity index (χ0n) is 27.4. The second kappa shape index (κ2) is 16.2. The van der Waals surface area contributed by atoms with E-state index < -0.39 is 23.9 Å². The first kappa shape index (κ1) is 35.5. The highest BCUT2D eigenvalue weighted by Gasteiger charge is 2.38. The Hall–Kier alpha value is -2.70. The van der Waals surface area contributed by atoms with Crippen LogP contribution in [-0.4, -0.2) is 36.9 Å². The lowest BCUT2D eigenvalue weighted by Gasteiger charge is -2.37. The third kappa shape index (κ3) is 10.5. The van der Waals surface area contributed by atoms with Crippen molar-refractivity contribution in [1.82, 2.24) is 0 Å². The molecule has 4 unspecified atom stereocenters. The van der Waals surface area contributed by atoms with Gasteiger partial charge in [-0.15, -0.1) is 0 Å². The molecule has 0 aliphatic rings. The fourth-order valence-corrected chi connectivity index (χ4v) is 5.04. The highest BCUT2D eigenvalue weighted by molar-refractivity contribution is 5.99. The predicted molar refractivity (Wildman–Crippen MR) is 173 cm³/mol. The molecule has 6 nitrogen and oxygen atoms in total. The standard InChI is InChI=1S/C36H56N2O4/c1-9-11-23-41-27-17-13-25(14-18-27)31(39)29(33(37)35(3,4)5)21-22-30(34(38)36(6,7)8)32(40)26-15-19-28(20-16-26)42-24-12-10-2/h13-20,29-30,33-34H,9-12,21-24,37-38H2,1-8H3. The molecule has 0 aliphatic carbocycles. The Morgan fingerprint density at radius 2 is 0.929 bits per heavy atom. The smallest absolute Gasteiger partial charge is 0.167 e. The van der Waals surface area contributed by atoms with Gasteiger partial charge in [-0.2, -0.15) is 0 Å². The Bertz CT molecular complexity index is 1010. The van der Waals surface area contributed by atoms with Gasteiger partial charge in [-0.1, -0.05) is 68.2 Å². The summed E-state index contributed by atoms with van der Waals surface area (Å²) in [4.78, 5) is 27.8. The molecule has 0 fully saturated rings. The number of carbonyl (C=O) groups is 2. The lowest BCUT2D eigenvalue weighted by Crippen LogP contribution is -2.48. The minimum Gasteiger partial charge on any atom is -0.494 e. The van der Waals surface area contributed by atoms with Crippen LogP contribution < -0.4 is 20.9 Å². The number of Topliss-reactive ketones (excluding diaryl/α,β-unsaturated/α-hetero) is 2. The topological polar surface area (TPSA) is 105 Å². The average Bonchev–Trinajstić information content (AvgIpc) is 2.94. The van der Waals surface area contributed by atoms with E-state index in [0.717, 1.165) is 37.2 Å². The van der Waals surface area contributed by atoms with Crippen LogP contribution >= 0.6 is 0 Å². The van der Waals surface area contributed by atoms with Crippen LogP contribution in [0.4, 0.5) is 0 Å². The van der Waals surface area contributed by atoms with E-state index >= 15 is 0 Å². The summed E-state index contributed by atoms with van der Waals surface area (Å²) in [5, 5.41) is 0. The Labute approximate surface area is 254 Å². The van der Waals surface area contributed by atoms with Gasteiger partial charge >= 0.3 is 0 Å². The Morgan fingerprint density at radius 3 is 1.19 bits per heavy atom. The van der Waals surface area contributed by atoms with Crippen molar-refractivity contribution in [3.63, 3.8) is 0 Å². The number of benzene rings is 2. The molecular weight excluding hydrogens is 524 g/mol. The third-order valence-corrected chi connectivity index (χ3v) is 8.14. The first-order valence-corrected chi connectivity index (χ1v) is 15.8. The predicted octanol–water partition coefficient (Wildman–Crippen LogP) is 7.87. The van der Waals surface area contributed by atoms with E-state index in [4.69, 9.17) is 20.9 Å². The molecule has 0 radical (unpaired) electrons. The molecule has 6 heteroatoms. The van der Waals surface area contributed by atoms with Crippen LogP contribution in [-0.2, 0) is 0 Å². The van der Waals surface area contributed by atoms with Gasteiger partial charge in [-0.3, -0.25) is 9.59 Å². The molecule has 2 aromatic carbocycles. The summed E-state index contributed by atoms with van der Waals surface area (Å²) < 4.78 is 11.6. The van der Waals surface area contributed by atoms with Crippen molar-refractivity contribution < 1.29 is 19.1 Å². The quantitative estimate of drug-likeness (QED) is 0.146. The summed E-state index contributed by atoms with van der Waals surface area (Å²) in [7, 11) is 0. The van der Waals surface area contributed by atoms with Gasteiger partial charge in [0.25, 0.3) is 0 Å². The van der Waals surface area contributed by atoms with Crippen LogP contribution in [0.5, 0.6) is 11.5 Å². The lowest BCUT2D eigenvalue weighted by atomic mass is 9.70. The Kier molecular flexibility index (Phi) is 13.7. The number of hydrogen-bond acceptors (Lipinski definition) is 6. The van der Waals surface area contributed by atoms with E-state index in [0.29, 0.717) is 37.2 Å². The lowest BCUT2D eigenvalue weighted by molar-refractivity contribution is 0.0770. The minimum atomic E-state index is -0.464. The molecule has 0 saturated carbocycles.